The topological polar surface area (TPSA) is 69.0 Å². The van der Waals surface area contributed by atoms with Crippen LogP contribution >= 0.6 is 0 Å². The smallest absolute Gasteiger partial charge is 0.0627 e. The highest BCUT2D eigenvalue weighted by Crippen LogP contribution is 2.46. The van der Waals surface area contributed by atoms with Gasteiger partial charge in [0.2, 0.25) is 0 Å². The Labute approximate surface area is 83.9 Å². The molecular formula is C10H17N3O. The molecule has 0 amide bonds. The first-order chi connectivity index (χ1) is 6.81. The maximum Gasteiger partial charge on any atom is 0.0627 e. The number of aliphatic hydroxyl groups is 1. The van der Waals surface area contributed by atoms with E-state index in [1.54, 1.807) is 0 Å². The summed E-state index contributed by atoms with van der Waals surface area (Å²) in [6.45, 7) is 0.254. The summed E-state index contributed by atoms with van der Waals surface area (Å²) in [4.78, 5) is 2.70. The Morgan fingerprint density at radius 2 is 2.07 bits per heavy atom. The quantitative estimate of drug-likeness (QED) is 0.419. The first-order valence-electron chi connectivity index (χ1n) is 5.50. The van der Waals surface area contributed by atoms with Crippen molar-refractivity contribution >= 4 is 0 Å². The van der Waals surface area contributed by atoms with Crippen LogP contribution in [0.1, 0.15) is 32.1 Å². The molecule has 14 heavy (non-hydrogen) atoms. The van der Waals surface area contributed by atoms with Gasteiger partial charge in [0.15, 0.2) is 0 Å². The normalized spacial score (nSPS) is 37.6. The molecule has 0 heterocycles. The molecule has 3 rings (SSSR count). The molecule has 0 aromatic rings. The molecule has 0 radical (unpaired) electrons. The van der Waals surface area contributed by atoms with Crippen LogP contribution in [0.25, 0.3) is 10.4 Å². The lowest BCUT2D eigenvalue weighted by molar-refractivity contribution is 0.00132. The Balaban J connectivity index is 1.93. The van der Waals surface area contributed by atoms with Gasteiger partial charge in [-0.2, -0.15) is 0 Å². The summed E-state index contributed by atoms with van der Waals surface area (Å²) in [6, 6.07) is 0. The Kier molecular flexibility index (Phi) is 2.94. The van der Waals surface area contributed by atoms with Crippen molar-refractivity contribution in [2.24, 2.45) is 22.9 Å². The third kappa shape index (κ3) is 1.86. The first kappa shape index (κ1) is 9.81. The van der Waals surface area contributed by atoms with Crippen molar-refractivity contribution in [2.45, 2.75) is 38.2 Å². The monoisotopic (exact) mass is 195 g/mol. The fourth-order valence-corrected chi connectivity index (χ4v) is 3.16. The van der Waals surface area contributed by atoms with Crippen molar-refractivity contribution in [2.75, 3.05) is 6.54 Å². The van der Waals surface area contributed by atoms with Gasteiger partial charge < -0.3 is 5.11 Å². The fourth-order valence-electron chi connectivity index (χ4n) is 3.16. The number of hydrogen-bond donors (Lipinski definition) is 1. The molecule has 1 unspecified atom stereocenters. The molecule has 2 atom stereocenters. The highest BCUT2D eigenvalue weighted by Gasteiger charge is 2.38. The van der Waals surface area contributed by atoms with E-state index in [0.29, 0.717) is 11.8 Å². The van der Waals surface area contributed by atoms with Crippen molar-refractivity contribution < 1.29 is 5.11 Å². The van der Waals surface area contributed by atoms with E-state index in [1.165, 1.54) is 25.7 Å². The zero-order chi connectivity index (χ0) is 9.97. The lowest BCUT2D eigenvalue weighted by atomic mass is 9.63. The van der Waals surface area contributed by atoms with E-state index in [-0.39, 0.29) is 6.54 Å². The van der Waals surface area contributed by atoms with Gasteiger partial charge in [-0.25, -0.2) is 0 Å². The van der Waals surface area contributed by atoms with Gasteiger partial charge in [0.1, 0.15) is 0 Å². The zero-order valence-electron chi connectivity index (χ0n) is 8.34. The number of hydrogen-bond acceptors (Lipinski definition) is 2. The number of azide groups is 1. The van der Waals surface area contributed by atoms with E-state index >= 15 is 0 Å². The number of rotatable bonds is 3. The van der Waals surface area contributed by atoms with Gasteiger partial charge in [-0.05, 0) is 42.5 Å². The van der Waals surface area contributed by atoms with Crippen LogP contribution < -0.4 is 0 Å². The van der Waals surface area contributed by atoms with Gasteiger partial charge in [0, 0.05) is 4.91 Å². The Morgan fingerprint density at radius 1 is 1.36 bits per heavy atom. The zero-order valence-corrected chi connectivity index (χ0v) is 8.34. The number of aliphatic hydroxyl groups excluding tert-OH is 1. The van der Waals surface area contributed by atoms with Gasteiger partial charge in [-0.3, -0.25) is 0 Å². The molecular weight excluding hydrogens is 178 g/mol. The van der Waals surface area contributed by atoms with Gasteiger partial charge in [0.25, 0.3) is 0 Å². The van der Waals surface area contributed by atoms with Crippen molar-refractivity contribution in [1.82, 2.24) is 0 Å². The third-order valence-corrected chi connectivity index (χ3v) is 3.93. The standard InChI is InChI=1S/C10H17N3O/c11-13-12-6-10(14)9-5-7-1-3-8(9)4-2-7/h7-10,14H,1-6H2/t7?,8?,9?,10-/m0/s1. The van der Waals surface area contributed by atoms with Crippen LogP contribution in [0.3, 0.4) is 0 Å². The molecule has 2 bridgehead atoms. The minimum Gasteiger partial charge on any atom is -0.393 e. The van der Waals surface area contributed by atoms with Crippen molar-refractivity contribution in [3.05, 3.63) is 10.4 Å². The molecule has 0 aromatic carbocycles. The molecule has 0 aromatic heterocycles. The van der Waals surface area contributed by atoms with E-state index in [2.05, 4.69) is 10.0 Å². The molecule has 3 fully saturated rings. The maximum atomic E-state index is 9.86. The predicted octanol–water partition coefficient (Wildman–Crippen LogP) is 2.48. The molecule has 0 saturated heterocycles. The van der Waals surface area contributed by atoms with Crippen LogP contribution in [-0.4, -0.2) is 17.8 Å². The molecule has 3 aliphatic carbocycles. The van der Waals surface area contributed by atoms with Crippen LogP contribution in [0.5, 0.6) is 0 Å². The molecule has 78 valence electrons. The lowest BCUT2D eigenvalue weighted by Crippen LogP contribution is -2.39. The number of fused-ring (bicyclic) bond motifs is 3. The largest absolute Gasteiger partial charge is 0.393 e. The average Bonchev–Trinajstić information content (AvgIpc) is 2.27. The summed E-state index contributed by atoms with van der Waals surface area (Å²) >= 11 is 0. The van der Waals surface area contributed by atoms with Crippen molar-refractivity contribution in [3.8, 4) is 0 Å². The summed E-state index contributed by atoms with van der Waals surface area (Å²) < 4.78 is 0. The molecule has 3 aliphatic rings. The van der Waals surface area contributed by atoms with E-state index in [9.17, 15) is 5.11 Å². The van der Waals surface area contributed by atoms with Gasteiger partial charge in [-0.1, -0.05) is 18.0 Å². The maximum absolute atomic E-state index is 9.86. The molecule has 4 nitrogen and oxygen atoms in total. The average molecular weight is 195 g/mol. The fraction of sp³-hybridized carbons (Fsp3) is 1.00. The Bertz CT molecular complexity index is 242. The van der Waals surface area contributed by atoms with Crippen molar-refractivity contribution in [1.29, 1.82) is 0 Å². The molecule has 0 aliphatic heterocycles. The molecule has 1 N–H and O–H groups in total. The molecule has 4 heteroatoms. The minimum absolute atomic E-state index is 0.254. The van der Waals surface area contributed by atoms with Crippen LogP contribution in [-0.2, 0) is 0 Å². The minimum atomic E-state index is -0.404. The number of nitrogens with zero attached hydrogens (tertiary/aromatic N) is 3. The summed E-state index contributed by atoms with van der Waals surface area (Å²) in [5, 5.41) is 13.3. The molecule has 3 saturated carbocycles. The third-order valence-electron chi connectivity index (χ3n) is 3.93. The van der Waals surface area contributed by atoms with Crippen molar-refractivity contribution in [3.63, 3.8) is 0 Å². The van der Waals surface area contributed by atoms with Gasteiger partial charge in [-0.15, -0.1) is 0 Å². The SMILES string of the molecule is [N-]=[N+]=NC[C@H](O)C1CC2CCC1CC2. The van der Waals surface area contributed by atoms with E-state index in [4.69, 9.17) is 5.53 Å². The summed E-state index contributed by atoms with van der Waals surface area (Å²) in [7, 11) is 0. The summed E-state index contributed by atoms with van der Waals surface area (Å²) in [5.41, 5.74) is 8.19. The highest BCUT2D eigenvalue weighted by atomic mass is 16.3. The van der Waals surface area contributed by atoms with Gasteiger partial charge >= 0.3 is 0 Å². The Hall–Kier alpha value is -0.730. The predicted molar refractivity (Wildman–Crippen MR) is 53.6 cm³/mol. The summed E-state index contributed by atoms with van der Waals surface area (Å²) in [5.74, 6) is 1.91. The second-order valence-corrected chi connectivity index (χ2v) is 4.66. The van der Waals surface area contributed by atoms with E-state index in [0.717, 1.165) is 12.3 Å². The first-order valence-corrected chi connectivity index (χ1v) is 5.50. The van der Waals surface area contributed by atoms with E-state index < -0.39 is 6.10 Å². The van der Waals surface area contributed by atoms with Gasteiger partial charge in [0.05, 0.1) is 12.6 Å². The van der Waals surface area contributed by atoms with Crippen LogP contribution in [0.4, 0.5) is 0 Å². The Morgan fingerprint density at radius 3 is 2.57 bits per heavy atom. The highest BCUT2D eigenvalue weighted by molar-refractivity contribution is 4.90. The van der Waals surface area contributed by atoms with Crippen LogP contribution in [0.15, 0.2) is 5.11 Å². The second kappa shape index (κ2) is 4.20. The van der Waals surface area contributed by atoms with Crippen LogP contribution in [0, 0.1) is 17.8 Å². The van der Waals surface area contributed by atoms with E-state index in [1.807, 2.05) is 0 Å². The second-order valence-electron chi connectivity index (χ2n) is 4.66. The summed E-state index contributed by atoms with van der Waals surface area (Å²) in [6.07, 6.45) is 5.96. The molecule has 0 spiro atoms. The van der Waals surface area contributed by atoms with Crippen LogP contribution in [0.2, 0.25) is 0 Å². The lowest BCUT2D eigenvalue weighted by Gasteiger charge is -2.44.